The molecular weight excluding hydrogens is 274 g/mol. The molecule has 0 amide bonds. The van der Waals surface area contributed by atoms with E-state index in [2.05, 4.69) is 15.9 Å². The van der Waals surface area contributed by atoms with Crippen molar-refractivity contribution in [1.82, 2.24) is 0 Å². The van der Waals surface area contributed by atoms with Crippen molar-refractivity contribution in [2.24, 2.45) is 0 Å². The van der Waals surface area contributed by atoms with Crippen LogP contribution in [0.4, 0.5) is 23.2 Å². The van der Waals surface area contributed by atoms with Gasteiger partial charge in [-0.1, -0.05) is 0 Å². The van der Waals surface area contributed by atoms with Gasteiger partial charge in [0.05, 0.1) is 9.40 Å². The van der Waals surface area contributed by atoms with Gasteiger partial charge in [-0.15, -0.1) is 0 Å². The molecule has 0 aliphatic carbocycles. The van der Waals surface area contributed by atoms with Crippen molar-refractivity contribution in [2.45, 2.75) is 0 Å². The van der Waals surface area contributed by atoms with Crippen LogP contribution in [0.25, 0.3) is 0 Å². The first-order valence-electron chi connectivity index (χ1n) is 3.03. The Kier molecular flexibility index (Phi) is 2.74. The van der Waals surface area contributed by atoms with Gasteiger partial charge < -0.3 is 0 Å². The molecule has 0 radical (unpaired) electrons. The molecule has 0 bridgehead atoms. The lowest BCUT2D eigenvalue weighted by atomic mass is 10.2. The topological polar surface area (TPSA) is 43.1 Å². The Morgan fingerprint density at radius 2 is 1.36 bits per heavy atom. The predicted molar refractivity (Wildman–Crippen MR) is 40.6 cm³/mol. The Hall–Kier alpha value is -1.18. The fraction of sp³-hybridized carbons (Fsp3) is 0. The summed E-state index contributed by atoms with van der Waals surface area (Å²) in [7, 11) is 0. The molecule has 0 fully saturated rings. The fourth-order valence-electron chi connectivity index (χ4n) is 0.754. The molecule has 0 aliphatic heterocycles. The third-order valence-electron chi connectivity index (χ3n) is 1.37. The summed E-state index contributed by atoms with van der Waals surface area (Å²) in [6.07, 6.45) is 0. The zero-order valence-corrected chi connectivity index (χ0v) is 7.74. The van der Waals surface area contributed by atoms with Crippen molar-refractivity contribution in [2.75, 3.05) is 0 Å². The van der Waals surface area contributed by atoms with Crippen LogP contribution in [0.1, 0.15) is 0 Å². The quantitative estimate of drug-likeness (QED) is 0.260. The highest BCUT2D eigenvalue weighted by Crippen LogP contribution is 2.32. The van der Waals surface area contributed by atoms with E-state index >= 15 is 0 Å². The standard InChI is InChI=1S/C6BrF4NO2/c7-1-2(8)4(10)6(12(13)14)5(11)3(1)9. The van der Waals surface area contributed by atoms with Crippen LogP contribution in [0.15, 0.2) is 4.47 Å². The molecule has 3 nitrogen and oxygen atoms in total. The second kappa shape index (κ2) is 3.52. The highest BCUT2D eigenvalue weighted by molar-refractivity contribution is 9.10. The lowest BCUT2D eigenvalue weighted by Crippen LogP contribution is -2.04. The third kappa shape index (κ3) is 1.45. The number of nitro groups is 1. The SMILES string of the molecule is O=[N+]([O-])c1c(F)c(F)c(Br)c(F)c1F. The first-order valence-corrected chi connectivity index (χ1v) is 3.83. The van der Waals surface area contributed by atoms with E-state index in [-0.39, 0.29) is 0 Å². The maximum absolute atomic E-state index is 12.7. The van der Waals surface area contributed by atoms with E-state index in [0.717, 1.165) is 0 Å². The molecule has 0 saturated heterocycles. The summed E-state index contributed by atoms with van der Waals surface area (Å²) in [5.74, 6) is -7.76. The smallest absolute Gasteiger partial charge is 0.258 e. The van der Waals surface area contributed by atoms with Gasteiger partial charge in [-0.05, 0) is 15.9 Å². The minimum absolute atomic E-state index is 1.11. The lowest BCUT2D eigenvalue weighted by Gasteiger charge is -2.01. The number of benzene rings is 1. The largest absolute Gasteiger partial charge is 0.346 e. The van der Waals surface area contributed by atoms with Crippen molar-refractivity contribution in [3.8, 4) is 0 Å². The van der Waals surface area contributed by atoms with Crippen molar-refractivity contribution >= 4 is 21.6 Å². The van der Waals surface area contributed by atoms with Gasteiger partial charge in [0.25, 0.3) is 0 Å². The van der Waals surface area contributed by atoms with Crippen molar-refractivity contribution in [1.29, 1.82) is 0 Å². The van der Waals surface area contributed by atoms with Crippen LogP contribution in [-0.4, -0.2) is 4.92 Å². The second-order valence-electron chi connectivity index (χ2n) is 2.18. The number of hydrogen-bond acceptors (Lipinski definition) is 2. The number of nitrogens with zero attached hydrogens (tertiary/aromatic N) is 1. The molecule has 1 aromatic rings. The summed E-state index contributed by atoms with van der Waals surface area (Å²) < 4.78 is 49.6. The van der Waals surface area contributed by atoms with Crippen LogP contribution >= 0.6 is 15.9 Å². The summed E-state index contributed by atoms with van der Waals surface area (Å²) in [6.45, 7) is 0. The average molecular weight is 274 g/mol. The summed E-state index contributed by atoms with van der Waals surface area (Å²) in [5, 5.41) is 10.0. The Morgan fingerprint density at radius 1 is 1.00 bits per heavy atom. The number of halogens is 5. The van der Waals surface area contributed by atoms with Crippen LogP contribution in [0.3, 0.4) is 0 Å². The van der Waals surface area contributed by atoms with Crippen molar-refractivity contribution in [3.05, 3.63) is 37.9 Å². The summed E-state index contributed by atoms with van der Waals surface area (Å²) in [6, 6.07) is 0. The van der Waals surface area contributed by atoms with Gasteiger partial charge in [0, 0.05) is 0 Å². The van der Waals surface area contributed by atoms with Gasteiger partial charge in [0.1, 0.15) is 0 Å². The third-order valence-corrected chi connectivity index (χ3v) is 2.07. The Labute approximate surface area is 82.6 Å². The first-order chi connectivity index (χ1) is 6.37. The summed E-state index contributed by atoms with van der Waals surface area (Å²) in [4.78, 5) is 8.50. The molecular formula is C6BrF4NO2. The first kappa shape index (κ1) is 10.9. The van der Waals surface area contributed by atoms with Gasteiger partial charge in [0.2, 0.25) is 11.6 Å². The molecule has 0 saturated carbocycles. The molecule has 0 atom stereocenters. The van der Waals surface area contributed by atoms with Crippen LogP contribution in [0.2, 0.25) is 0 Å². The van der Waals surface area contributed by atoms with Crippen LogP contribution in [0.5, 0.6) is 0 Å². The Morgan fingerprint density at radius 3 is 1.64 bits per heavy atom. The highest BCUT2D eigenvalue weighted by Gasteiger charge is 2.31. The summed E-state index contributed by atoms with van der Waals surface area (Å²) in [5.41, 5.74) is -1.84. The Bertz CT molecular complexity index is 394. The zero-order chi connectivity index (χ0) is 11.0. The molecule has 14 heavy (non-hydrogen) atoms. The van der Waals surface area contributed by atoms with Gasteiger partial charge in [-0.25, -0.2) is 8.78 Å². The van der Waals surface area contributed by atoms with Crippen LogP contribution in [0, 0.1) is 33.4 Å². The highest BCUT2D eigenvalue weighted by atomic mass is 79.9. The molecule has 76 valence electrons. The van der Waals surface area contributed by atoms with E-state index in [1.807, 2.05) is 0 Å². The fourth-order valence-corrected chi connectivity index (χ4v) is 1.10. The molecule has 0 aliphatic rings. The molecule has 1 aromatic carbocycles. The average Bonchev–Trinajstić information content (AvgIpc) is 2.11. The molecule has 0 unspecified atom stereocenters. The van der Waals surface area contributed by atoms with Crippen molar-refractivity contribution < 1.29 is 22.5 Å². The van der Waals surface area contributed by atoms with Crippen molar-refractivity contribution in [3.63, 3.8) is 0 Å². The number of nitro benzene ring substituents is 1. The molecule has 0 spiro atoms. The molecule has 0 aromatic heterocycles. The Balaban J connectivity index is 3.68. The maximum Gasteiger partial charge on any atom is 0.346 e. The minimum Gasteiger partial charge on any atom is -0.258 e. The van der Waals surface area contributed by atoms with Crippen LogP contribution < -0.4 is 0 Å². The lowest BCUT2D eigenvalue weighted by molar-refractivity contribution is -0.390. The second-order valence-corrected chi connectivity index (χ2v) is 2.97. The molecule has 0 heterocycles. The van der Waals surface area contributed by atoms with Crippen LogP contribution in [-0.2, 0) is 0 Å². The van der Waals surface area contributed by atoms with E-state index in [1.54, 1.807) is 0 Å². The maximum atomic E-state index is 12.7. The number of hydrogen-bond donors (Lipinski definition) is 0. The van der Waals surface area contributed by atoms with Gasteiger partial charge in [0.15, 0.2) is 11.6 Å². The van der Waals surface area contributed by atoms with Gasteiger partial charge in [-0.2, -0.15) is 8.78 Å². The minimum atomic E-state index is -2.04. The number of rotatable bonds is 1. The van der Waals surface area contributed by atoms with E-state index in [0.29, 0.717) is 0 Å². The van der Waals surface area contributed by atoms with E-state index in [4.69, 9.17) is 0 Å². The van der Waals surface area contributed by atoms with E-state index in [9.17, 15) is 27.7 Å². The van der Waals surface area contributed by atoms with Gasteiger partial charge >= 0.3 is 5.69 Å². The molecule has 8 heteroatoms. The monoisotopic (exact) mass is 273 g/mol. The normalized spacial score (nSPS) is 10.4. The molecule has 0 N–H and O–H groups in total. The van der Waals surface area contributed by atoms with Gasteiger partial charge in [-0.3, -0.25) is 10.1 Å². The predicted octanol–water partition coefficient (Wildman–Crippen LogP) is 2.91. The molecule has 1 rings (SSSR count). The zero-order valence-electron chi connectivity index (χ0n) is 6.15. The summed E-state index contributed by atoms with van der Waals surface area (Å²) >= 11 is 2.21. The van der Waals surface area contributed by atoms with E-state index < -0.39 is 38.4 Å². The van der Waals surface area contributed by atoms with E-state index in [1.165, 1.54) is 0 Å².